The molecule has 2 saturated heterocycles. The second-order valence-electron chi connectivity index (χ2n) is 9.07. The molecule has 3 amide bonds. The van der Waals surface area contributed by atoms with E-state index in [0.717, 1.165) is 43.2 Å². The quantitative estimate of drug-likeness (QED) is 0.589. The van der Waals surface area contributed by atoms with Crippen molar-refractivity contribution < 1.29 is 19.1 Å². The average molecular weight is 514 g/mol. The molecule has 36 heavy (non-hydrogen) atoms. The van der Waals surface area contributed by atoms with Gasteiger partial charge in [-0.3, -0.25) is 19.3 Å². The molecule has 10 heteroatoms. The van der Waals surface area contributed by atoms with Gasteiger partial charge in [0.25, 0.3) is 0 Å². The largest absolute Gasteiger partial charge is 0.497 e. The van der Waals surface area contributed by atoms with E-state index < -0.39 is 6.04 Å². The number of aryl methyl sites for hydroxylation is 1. The number of anilines is 2. The molecule has 9 nitrogen and oxygen atoms in total. The zero-order valence-electron chi connectivity index (χ0n) is 20.6. The zero-order valence-corrected chi connectivity index (χ0v) is 21.4. The monoisotopic (exact) mass is 513 g/mol. The van der Waals surface area contributed by atoms with Crippen molar-refractivity contribution in [1.29, 1.82) is 0 Å². The molecule has 0 bridgehead atoms. The summed E-state index contributed by atoms with van der Waals surface area (Å²) >= 11 is 6.15. The summed E-state index contributed by atoms with van der Waals surface area (Å²) in [7, 11) is 1.65. The molecule has 2 aromatic rings. The molecular weight excluding hydrogens is 482 g/mol. The Balaban J connectivity index is 1.32. The first kappa shape index (κ1) is 25.8. The number of piperazine rings is 2. The second-order valence-corrected chi connectivity index (χ2v) is 9.48. The number of hydrogen-bond acceptors (Lipinski definition) is 6. The summed E-state index contributed by atoms with van der Waals surface area (Å²) in [6.07, 6.45) is -0.118. The van der Waals surface area contributed by atoms with Crippen LogP contribution in [-0.2, 0) is 14.4 Å². The van der Waals surface area contributed by atoms with Crippen molar-refractivity contribution in [3.63, 3.8) is 0 Å². The molecule has 2 aliphatic heterocycles. The molecule has 2 aromatic carbocycles. The van der Waals surface area contributed by atoms with Crippen molar-refractivity contribution in [3.8, 4) is 5.75 Å². The number of nitrogens with zero attached hydrogens (tertiary/aromatic N) is 3. The smallest absolute Gasteiger partial charge is 0.243 e. The van der Waals surface area contributed by atoms with Gasteiger partial charge in [-0.2, -0.15) is 0 Å². The third-order valence-electron chi connectivity index (χ3n) is 6.64. The molecule has 2 heterocycles. The van der Waals surface area contributed by atoms with Gasteiger partial charge in [0.2, 0.25) is 17.7 Å². The minimum Gasteiger partial charge on any atom is -0.497 e. The van der Waals surface area contributed by atoms with Gasteiger partial charge in [0, 0.05) is 61.7 Å². The van der Waals surface area contributed by atoms with Gasteiger partial charge in [0.15, 0.2) is 0 Å². The first-order valence-corrected chi connectivity index (χ1v) is 12.5. The molecule has 0 aliphatic carbocycles. The third kappa shape index (κ3) is 6.27. The Morgan fingerprint density at radius 2 is 1.89 bits per heavy atom. The molecule has 2 N–H and O–H groups in total. The molecule has 2 fully saturated rings. The Morgan fingerprint density at radius 1 is 1.11 bits per heavy atom. The van der Waals surface area contributed by atoms with E-state index in [0.29, 0.717) is 23.8 Å². The first-order valence-electron chi connectivity index (χ1n) is 12.1. The summed E-state index contributed by atoms with van der Waals surface area (Å²) in [5.74, 6) is 0.0149. The number of carbonyl (C=O) groups excluding carboxylic acids is 3. The Kier molecular flexibility index (Phi) is 8.32. The lowest BCUT2D eigenvalue weighted by molar-refractivity contribution is -0.145. The van der Waals surface area contributed by atoms with Gasteiger partial charge in [-0.05, 0) is 36.8 Å². The fourth-order valence-corrected chi connectivity index (χ4v) is 4.71. The predicted molar refractivity (Wildman–Crippen MR) is 140 cm³/mol. The summed E-state index contributed by atoms with van der Waals surface area (Å²) in [5, 5.41) is 6.10. The van der Waals surface area contributed by atoms with Gasteiger partial charge in [-0.15, -0.1) is 0 Å². The van der Waals surface area contributed by atoms with Gasteiger partial charge in [0.05, 0.1) is 20.1 Å². The van der Waals surface area contributed by atoms with Crippen LogP contribution in [0, 0.1) is 6.92 Å². The van der Waals surface area contributed by atoms with Crippen LogP contribution in [0.15, 0.2) is 42.5 Å². The molecule has 2 aliphatic rings. The molecular formula is C26H32ClN5O4. The molecule has 1 atom stereocenters. The summed E-state index contributed by atoms with van der Waals surface area (Å²) in [5.41, 5.74) is 2.55. The highest BCUT2D eigenvalue weighted by molar-refractivity contribution is 6.31. The molecule has 0 saturated carbocycles. The van der Waals surface area contributed by atoms with Crippen molar-refractivity contribution in [2.75, 3.05) is 63.1 Å². The maximum atomic E-state index is 13.2. The van der Waals surface area contributed by atoms with E-state index in [1.54, 1.807) is 19.2 Å². The molecule has 0 spiro atoms. The summed E-state index contributed by atoms with van der Waals surface area (Å²) in [6, 6.07) is 12.3. The van der Waals surface area contributed by atoms with Crippen LogP contribution in [0.5, 0.6) is 5.75 Å². The van der Waals surface area contributed by atoms with Gasteiger partial charge in [-0.25, -0.2) is 0 Å². The van der Waals surface area contributed by atoms with Gasteiger partial charge < -0.3 is 25.2 Å². The lowest BCUT2D eigenvalue weighted by Gasteiger charge is -2.39. The van der Waals surface area contributed by atoms with Crippen molar-refractivity contribution in [1.82, 2.24) is 15.1 Å². The van der Waals surface area contributed by atoms with Crippen LogP contribution < -0.4 is 20.3 Å². The van der Waals surface area contributed by atoms with Crippen molar-refractivity contribution in [2.24, 2.45) is 0 Å². The van der Waals surface area contributed by atoms with Gasteiger partial charge in [0.1, 0.15) is 11.8 Å². The third-order valence-corrected chi connectivity index (χ3v) is 7.04. The van der Waals surface area contributed by atoms with Crippen LogP contribution >= 0.6 is 11.6 Å². The highest BCUT2D eigenvalue weighted by Crippen LogP contribution is 2.23. The summed E-state index contributed by atoms with van der Waals surface area (Å²) in [4.78, 5) is 44.4. The van der Waals surface area contributed by atoms with E-state index >= 15 is 0 Å². The topological polar surface area (TPSA) is 94.2 Å². The normalized spacial score (nSPS) is 18.5. The number of hydrogen-bond donors (Lipinski definition) is 2. The SMILES string of the molecule is COc1cccc(N2CCN(CC(=O)N3CCNC(=O)C3CC(=O)Nc3ccc(C)c(Cl)c3)CC2)c1. The molecule has 0 radical (unpaired) electrons. The number of carbonyl (C=O) groups is 3. The van der Waals surface area contributed by atoms with Crippen molar-refractivity contribution in [2.45, 2.75) is 19.4 Å². The maximum absolute atomic E-state index is 13.2. The number of amides is 3. The number of halogens is 1. The van der Waals surface area contributed by atoms with Crippen LogP contribution in [0.4, 0.5) is 11.4 Å². The number of benzene rings is 2. The maximum Gasteiger partial charge on any atom is 0.243 e. The Morgan fingerprint density at radius 3 is 2.61 bits per heavy atom. The fourth-order valence-electron chi connectivity index (χ4n) is 4.53. The van der Waals surface area contributed by atoms with Crippen LogP contribution in [0.25, 0.3) is 0 Å². The molecule has 1 unspecified atom stereocenters. The molecule has 4 rings (SSSR count). The van der Waals surface area contributed by atoms with Crippen molar-refractivity contribution in [3.05, 3.63) is 53.1 Å². The lowest BCUT2D eigenvalue weighted by Crippen LogP contribution is -2.60. The number of methoxy groups -OCH3 is 1. The predicted octanol–water partition coefficient (Wildman–Crippen LogP) is 2.13. The van der Waals surface area contributed by atoms with Gasteiger partial charge >= 0.3 is 0 Å². The lowest BCUT2D eigenvalue weighted by atomic mass is 10.1. The molecule has 0 aromatic heterocycles. The highest BCUT2D eigenvalue weighted by atomic mass is 35.5. The molecule has 192 valence electrons. The van der Waals surface area contributed by atoms with E-state index in [2.05, 4.69) is 26.5 Å². The number of ether oxygens (including phenoxy) is 1. The standard InChI is InChI=1S/C26H32ClN5O4/c1-18-6-7-19(14-22(18)27)29-24(33)16-23-26(35)28-8-9-32(23)25(34)17-30-10-12-31(13-11-30)20-4-3-5-21(15-20)36-2/h3-7,14-15,23H,8-13,16-17H2,1-2H3,(H,28,35)(H,29,33). The zero-order chi connectivity index (χ0) is 25.7. The van der Waals surface area contributed by atoms with E-state index in [1.807, 2.05) is 31.2 Å². The Labute approximate surface area is 216 Å². The van der Waals surface area contributed by atoms with Gasteiger partial charge in [-0.1, -0.05) is 23.7 Å². The first-order chi connectivity index (χ1) is 17.3. The van der Waals surface area contributed by atoms with E-state index in [-0.39, 0.29) is 30.7 Å². The van der Waals surface area contributed by atoms with Crippen LogP contribution in [0.2, 0.25) is 5.02 Å². The van der Waals surface area contributed by atoms with Crippen LogP contribution in [0.3, 0.4) is 0 Å². The fraction of sp³-hybridized carbons (Fsp3) is 0.423. The van der Waals surface area contributed by atoms with Crippen molar-refractivity contribution >= 4 is 40.7 Å². The van der Waals surface area contributed by atoms with Crippen LogP contribution in [-0.4, -0.2) is 86.5 Å². The minimum absolute atomic E-state index is 0.118. The Hall–Kier alpha value is -3.30. The van der Waals surface area contributed by atoms with E-state index in [9.17, 15) is 14.4 Å². The Bertz CT molecular complexity index is 1120. The second kappa shape index (κ2) is 11.6. The average Bonchev–Trinajstić information content (AvgIpc) is 2.88. The number of rotatable bonds is 7. The highest BCUT2D eigenvalue weighted by Gasteiger charge is 2.35. The number of nitrogens with one attached hydrogen (secondary N) is 2. The summed E-state index contributed by atoms with van der Waals surface area (Å²) < 4.78 is 5.32. The van der Waals surface area contributed by atoms with E-state index in [1.165, 1.54) is 4.90 Å². The minimum atomic E-state index is -0.842. The van der Waals surface area contributed by atoms with Crippen LogP contribution in [0.1, 0.15) is 12.0 Å². The summed E-state index contributed by atoms with van der Waals surface area (Å²) in [6.45, 7) is 5.86. The van der Waals surface area contributed by atoms with E-state index in [4.69, 9.17) is 16.3 Å².